The van der Waals surface area contributed by atoms with Gasteiger partial charge >= 0.3 is 0 Å². The zero-order valence-corrected chi connectivity index (χ0v) is 14.3. The smallest absolute Gasteiger partial charge is 0.0847 e. The van der Waals surface area contributed by atoms with Crippen LogP contribution < -0.4 is 0 Å². The molecule has 1 heterocycles. The molecule has 0 aliphatic rings. The van der Waals surface area contributed by atoms with Crippen LogP contribution in [0.3, 0.4) is 0 Å². The van der Waals surface area contributed by atoms with Crippen molar-refractivity contribution in [2.45, 2.75) is 18.8 Å². The molecule has 2 N–H and O–H groups in total. The summed E-state index contributed by atoms with van der Waals surface area (Å²) < 4.78 is 2.55. The molecule has 0 aliphatic heterocycles. The zero-order valence-electron chi connectivity index (χ0n) is 12.0. The van der Waals surface area contributed by atoms with E-state index in [0.29, 0.717) is 11.4 Å². The lowest BCUT2D eigenvalue weighted by atomic mass is 9.78. The first-order chi connectivity index (χ1) is 9.95. The Kier molecular flexibility index (Phi) is 5.09. The van der Waals surface area contributed by atoms with E-state index in [1.165, 1.54) is 0 Å². The molecule has 0 saturated heterocycles. The van der Waals surface area contributed by atoms with E-state index < -0.39 is 5.41 Å². The fraction of sp³-hybridized carbons (Fsp3) is 0.400. The van der Waals surface area contributed by atoms with Gasteiger partial charge in [-0.15, -0.1) is 0 Å². The van der Waals surface area contributed by atoms with Crippen molar-refractivity contribution in [3.8, 4) is 0 Å². The normalized spacial score (nSPS) is 11.9. The van der Waals surface area contributed by atoms with Gasteiger partial charge in [0, 0.05) is 23.4 Å². The van der Waals surface area contributed by atoms with Crippen LogP contribution in [0.4, 0.5) is 0 Å². The van der Waals surface area contributed by atoms with Crippen LogP contribution in [0.25, 0.3) is 0 Å². The molecule has 2 aromatic rings. The molecule has 4 nitrogen and oxygen atoms in total. The number of aliphatic hydroxyl groups is 2. The van der Waals surface area contributed by atoms with Gasteiger partial charge in [0.05, 0.1) is 29.6 Å². The molecular weight excluding hydrogens is 356 g/mol. The summed E-state index contributed by atoms with van der Waals surface area (Å²) in [6, 6.07) is 7.57. The van der Waals surface area contributed by atoms with E-state index in [1.807, 2.05) is 38.2 Å². The third kappa shape index (κ3) is 3.01. The minimum atomic E-state index is -0.816. The highest BCUT2D eigenvalue weighted by atomic mass is 79.9. The van der Waals surface area contributed by atoms with Crippen molar-refractivity contribution >= 4 is 27.5 Å². The highest BCUT2D eigenvalue weighted by Gasteiger charge is 2.35. The van der Waals surface area contributed by atoms with Crippen molar-refractivity contribution in [3.63, 3.8) is 0 Å². The number of aromatic nitrogens is 2. The van der Waals surface area contributed by atoms with Gasteiger partial charge < -0.3 is 10.2 Å². The molecule has 2 rings (SSSR count). The van der Waals surface area contributed by atoms with Gasteiger partial charge in [-0.3, -0.25) is 4.68 Å². The quantitative estimate of drug-likeness (QED) is 0.847. The molecule has 0 saturated carbocycles. The number of rotatable bonds is 5. The van der Waals surface area contributed by atoms with Crippen LogP contribution in [0.1, 0.15) is 17.0 Å². The Morgan fingerprint density at radius 1 is 1.29 bits per heavy atom. The van der Waals surface area contributed by atoms with E-state index in [9.17, 15) is 10.2 Å². The van der Waals surface area contributed by atoms with E-state index in [2.05, 4.69) is 21.0 Å². The first-order valence-corrected chi connectivity index (χ1v) is 7.77. The molecule has 6 heteroatoms. The van der Waals surface area contributed by atoms with E-state index in [0.717, 1.165) is 21.4 Å². The highest BCUT2D eigenvalue weighted by Crippen LogP contribution is 2.35. The van der Waals surface area contributed by atoms with Crippen LogP contribution in [0.2, 0.25) is 5.02 Å². The second-order valence-electron chi connectivity index (χ2n) is 5.22. The lowest BCUT2D eigenvalue weighted by Gasteiger charge is -2.31. The van der Waals surface area contributed by atoms with Gasteiger partial charge in [0.25, 0.3) is 0 Å². The highest BCUT2D eigenvalue weighted by molar-refractivity contribution is 9.10. The van der Waals surface area contributed by atoms with Crippen molar-refractivity contribution in [2.24, 2.45) is 7.05 Å². The molecule has 0 bridgehead atoms. The topological polar surface area (TPSA) is 58.3 Å². The van der Waals surface area contributed by atoms with Crippen LogP contribution in [-0.2, 0) is 18.9 Å². The van der Waals surface area contributed by atoms with Crippen molar-refractivity contribution in [2.75, 3.05) is 13.2 Å². The lowest BCUT2D eigenvalue weighted by Crippen LogP contribution is -2.38. The minimum absolute atomic E-state index is 0.188. The second-order valence-corrected chi connectivity index (χ2v) is 6.46. The molecule has 21 heavy (non-hydrogen) atoms. The molecular formula is C15H18BrClN2O2. The Balaban J connectivity index is 2.51. The van der Waals surface area contributed by atoms with Gasteiger partial charge in [0.15, 0.2) is 0 Å². The van der Waals surface area contributed by atoms with E-state index in [1.54, 1.807) is 4.68 Å². The van der Waals surface area contributed by atoms with Gasteiger partial charge in [0.2, 0.25) is 0 Å². The lowest BCUT2D eigenvalue weighted by molar-refractivity contribution is 0.114. The maximum absolute atomic E-state index is 9.95. The fourth-order valence-electron chi connectivity index (χ4n) is 2.51. The first kappa shape index (κ1) is 16.5. The Morgan fingerprint density at radius 3 is 2.38 bits per heavy atom. The Labute approximate surface area is 137 Å². The Hall–Kier alpha value is -0.880. The van der Waals surface area contributed by atoms with Gasteiger partial charge in [-0.25, -0.2) is 0 Å². The van der Waals surface area contributed by atoms with Gasteiger partial charge in [-0.1, -0.05) is 45.7 Å². The zero-order chi connectivity index (χ0) is 15.6. The summed E-state index contributed by atoms with van der Waals surface area (Å²) >= 11 is 9.79. The summed E-state index contributed by atoms with van der Waals surface area (Å²) in [4.78, 5) is 0. The summed E-state index contributed by atoms with van der Waals surface area (Å²) in [6.07, 6.45) is 0.402. The average molecular weight is 374 g/mol. The molecule has 0 spiro atoms. The molecule has 0 aliphatic carbocycles. The molecule has 0 unspecified atom stereocenters. The summed E-state index contributed by atoms with van der Waals surface area (Å²) in [5, 5.41) is 24.8. The Morgan fingerprint density at radius 2 is 1.90 bits per heavy atom. The standard InChI is InChI=1S/C15H18BrClN2O2/c1-10-14(17)13(19(2)18-10)7-15(8-20,9-21)11-5-3-4-6-12(11)16/h3-6,20-21H,7-9H2,1-2H3. The monoisotopic (exact) mass is 372 g/mol. The summed E-state index contributed by atoms with van der Waals surface area (Å²) in [5.74, 6) is 0. The summed E-state index contributed by atoms with van der Waals surface area (Å²) in [7, 11) is 1.81. The summed E-state index contributed by atoms with van der Waals surface area (Å²) in [6.45, 7) is 1.46. The number of aliphatic hydroxyl groups excluding tert-OH is 2. The average Bonchev–Trinajstić information content (AvgIpc) is 2.71. The number of benzene rings is 1. The fourth-order valence-corrected chi connectivity index (χ4v) is 3.44. The second kappa shape index (κ2) is 6.48. The van der Waals surface area contributed by atoms with Crippen LogP contribution in [0, 0.1) is 6.92 Å². The van der Waals surface area contributed by atoms with Gasteiger partial charge in [-0.05, 0) is 18.6 Å². The Bertz CT molecular complexity index is 639. The molecule has 0 radical (unpaired) electrons. The van der Waals surface area contributed by atoms with Crippen molar-refractivity contribution < 1.29 is 10.2 Å². The third-order valence-corrected chi connectivity index (χ3v) is 5.00. The van der Waals surface area contributed by atoms with Crippen molar-refractivity contribution in [1.82, 2.24) is 9.78 Å². The minimum Gasteiger partial charge on any atom is -0.395 e. The largest absolute Gasteiger partial charge is 0.395 e. The molecule has 0 amide bonds. The third-order valence-electron chi connectivity index (χ3n) is 3.82. The maximum Gasteiger partial charge on any atom is 0.0847 e. The molecule has 0 atom stereocenters. The van der Waals surface area contributed by atoms with Crippen LogP contribution in [0.5, 0.6) is 0 Å². The molecule has 1 aromatic heterocycles. The van der Waals surface area contributed by atoms with Crippen molar-refractivity contribution in [3.05, 3.63) is 50.7 Å². The number of halogens is 2. The SMILES string of the molecule is Cc1nn(C)c(CC(CO)(CO)c2ccccc2Br)c1Cl. The summed E-state index contributed by atoms with van der Waals surface area (Å²) in [5.41, 5.74) is 1.58. The molecule has 114 valence electrons. The predicted octanol–water partition coefficient (Wildman–Crippen LogP) is 2.61. The van der Waals surface area contributed by atoms with Crippen LogP contribution in [0.15, 0.2) is 28.7 Å². The van der Waals surface area contributed by atoms with Crippen LogP contribution in [-0.4, -0.2) is 33.2 Å². The first-order valence-electron chi connectivity index (χ1n) is 6.60. The van der Waals surface area contributed by atoms with Gasteiger partial charge in [0.1, 0.15) is 0 Å². The van der Waals surface area contributed by atoms with E-state index >= 15 is 0 Å². The number of hydrogen-bond acceptors (Lipinski definition) is 3. The van der Waals surface area contributed by atoms with Gasteiger partial charge in [-0.2, -0.15) is 5.10 Å². The number of hydrogen-bond donors (Lipinski definition) is 2. The van der Waals surface area contributed by atoms with E-state index in [-0.39, 0.29) is 13.2 Å². The molecule has 0 fully saturated rings. The van der Waals surface area contributed by atoms with Crippen molar-refractivity contribution in [1.29, 1.82) is 0 Å². The molecule has 1 aromatic carbocycles. The number of aryl methyl sites for hydroxylation is 2. The predicted molar refractivity (Wildman–Crippen MR) is 86.7 cm³/mol. The van der Waals surface area contributed by atoms with Crippen LogP contribution >= 0.6 is 27.5 Å². The maximum atomic E-state index is 9.95. The van der Waals surface area contributed by atoms with E-state index in [4.69, 9.17) is 11.6 Å². The number of nitrogens with zero attached hydrogens (tertiary/aromatic N) is 2.